The van der Waals surface area contributed by atoms with Crippen molar-refractivity contribution in [2.45, 2.75) is 95.0 Å². The molecule has 0 saturated heterocycles. The van der Waals surface area contributed by atoms with Gasteiger partial charge in [-0.25, -0.2) is 0 Å². The number of hydrogen-bond acceptors (Lipinski definition) is 3. The Kier molecular flexibility index (Phi) is 32.6. The number of rotatable bonds is 7. The monoisotopic (exact) mass is 452 g/mol. The molecule has 2 aliphatic carbocycles. The van der Waals surface area contributed by atoms with E-state index in [1.54, 1.807) is 0 Å². The van der Waals surface area contributed by atoms with Crippen LogP contribution >= 0.6 is 11.8 Å². The van der Waals surface area contributed by atoms with Crippen LogP contribution in [0.25, 0.3) is 0 Å². The van der Waals surface area contributed by atoms with Gasteiger partial charge in [0.2, 0.25) is 0 Å². The van der Waals surface area contributed by atoms with Crippen LogP contribution in [-0.2, 0) is 21.8 Å². The average molecular weight is 453 g/mol. The van der Waals surface area contributed by atoms with E-state index in [1.165, 1.54) is 57.8 Å². The first-order chi connectivity index (χ1) is 10.5. The molecule has 0 aromatic carbocycles. The number of thioether (sulfide) groups is 1. The van der Waals surface area contributed by atoms with Crippen molar-refractivity contribution in [3.63, 3.8) is 0 Å². The second kappa shape index (κ2) is 23.0. The van der Waals surface area contributed by atoms with E-state index in [1.807, 2.05) is 0 Å². The summed E-state index contributed by atoms with van der Waals surface area (Å²) in [5.74, 6) is 0.886. The van der Waals surface area contributed by atoms with Crippen molar-refractivity contribution in [2.75, 3.05) is 19.8 Å². The molecular weight excluding hydrogens is 404 g/mol. The van der Waals surface area contributed by atoms with E-state index in [2.05, 4.69) is 32.5 Å². The summed E-state index contributed by atoms with van der Waals surface area (Å²) in [6, 6.07) is 0. The summed E-state index contributed by atoms with van der Waals surface area (Å²) < 4.78 is 5.71. The molecule has 4 nitrogen and oxygen atoms in total. The summed E-state index contributed by atoms with van der Waals surface area (Å²) in [7, 11) is 0. The van der Waals surface area contributed by atoms with Crippen LogP contribution in [0.15, 0.2) is 0 Å². The van der Waals surface area contributed by atoms with Crippen LogP contribution in [0.5, 0.6) is 0 Å². The second-order valence-electron chi connectivity index (χ2n) is 7.71. The normalized spacial score (nSPS) is 20.4. The van der Waals surface area contributed by atoms with Crippen LogP contribution in [0.1, 0.15) is 85.0 Å². The van der Waals surface area contributed by atoms with Gasteiger partial charge in [-0.15, -0.1) is 0 Å². The van der Waals surface area contributed by atoms with Crippen molar-refractivity contribution in [1.29, 1.82) is 0 Å². The zero-order valence-corrected chi connectivity index (χ0v) is 20.4. The van der Waals surface area contributed by atoms with E-state index >= 15 is 0 Å². The topological polar surface area (TPSA) is 92.5 Å². The number of aliphatic hydroxyl groups is 1. The molecule has 2 unspecified atom stereocenters. The minimum atomic E-state index is 0. The first kappa shape index (κ1) is 38.3. The Labute approximate surface area is 185 Å². The molecule has 2 rings (SSSR count). The molecule has 0 spiro atoms. The van der Waals surface area contributed by atoms with Crippen LogP contribution in [0, 0.1) is 20.8 Å². The van der Waals surface area contributed by atoms with Crippen LogP contribution in [0.3, 0.4) is 0 Å². The minimum Gasteiger partial charge on any atom is -0.412 e. The largest absolute Gasteiger partial charge is 2.00 e. The molecule has 27 heavy (non-hydrogen) atoms. The second-order valence-corrected chi connectivity index (χ2v) is 9.77. The van der Waals surface area contributed by atoms with Gasteiger partial charge in [0.15, 0.2) is 0 Å². The molecule has 0 radical (unpaired) electrons. The van der Waals surface area contributed by atoms with Crippen molar-refractivity contribution < 1.29 is 37.9 Å². The maximum absolute atomic E-state index is 8.62. The molecule has 2 fully saturated rings. The van der Waals surface area contributed by atoms with Crippen molar-refractivity contribution in [3.8, 4) is 0 Å². The van der Waals surface area contributed by atoms with Crippen LogP contribution in [-0.4, -0.2) is 45.9 Å². The summed E-state index contributed by atoms with van der Waals surface area (Å²) in [6.07, 6.45) is 14.1. The molecule has 2 saturated carbocycles. The molecule has 5 N–H and O–H groups in total. The fourth-order valence-corrected chi connectivity index (χ4v) is 5.10. The Morgan fingerprint density at radius 3 is 1.85 bits per heavy atom. The fraction of sp³-hybridized carbons (Fsp3) is 0.905. The standard InChI is InChI=1S/C14H28O2S.C5H10.2CH3.Fe.2H2O/c1-14(2,3)17-13-8-4-6-12(13)7-5-10-16-11-9-15;1-2-4-5-3-1;;;;;/h12-13,15H,4-11H2,1-3H3;1-5H2;2*1H3;;2*1H2/q;;2*-1;+2;;. The maximum Gasteiger partial charge on any atom is 2.00 e. The van der Waals surface area contributed by atoms with Crippen molar-refractivity contribution >= 4 is 11.8 Å². The zero-order chi connectivity index (χ0) is 16.3. The molecule has 2 aliphatic rings. The minimum absolute atomic E-state index is 0. The quantitative estimate of drug-likeness (QED) is 0.345. The summed E-state index contributed by atoms with van der Waals surface area (Å²) in [5, 5.41) is 9.47. The first-order valence-electron chi connectivity index (χ1n) is 9.39. The van der Waals surface area contributed by atoms with Gasteiger partial charge in [0.25, 0.3) is 0 Å². The van der Waals surface area contributed by atoms with E-state index in [4.69, 9.17) is 9.84 Å². The van der Waals surface area contributed by atoms with Crippen LogP contribution in [0.2, 0.25) is 0 Å². The SMILES string of the molecule is C1CCCC1.CC(C)(C)SC1CCCC1CCCOCCO.O.O.[CH3-].[CH3-].[Fe+2]. The predicted octanol–water partition coefficient (Wildman–Crippen LogP) is 4.68. The Morgan fingerprint density at radius 1 is 0.889 bits per heavy atom. The van der Waals surface area contributed by atoms with Gasteiger partial charge in [-0.05, 0) is 31.6 Å². The van der Waals surface area contributed by atoms with Crippen LogP contribution < -0.4 is 0 Å². The van der Waals surface area contributed by atoms with Crippen LogP contribution in [0.4, 0.5) is 0 Å². The van der Waals surface area contributed by atoms with Crippen molar-refractivity contribution in [1.82, 2.24) is 0 Å². The third-order valence-electron chi connectivity index (χ3n) is 4.44. The third-order valence-corrected chi connectivity index (χ3v) is 6.07. The molecule has 2 atom stereocenters. The zero-order valence-electron chi connectivity index (χ0n) is 18.5. The Morgan fingerprint density at radius 2 is 1.41 bits per heavy atom. The molecule has 0 aliphatic heterocycles. The molecule has 0 bridgehead atoms. The predicted molar refractivity (Wildman–Crippen MR) is 119 cm³/mol. The van der Waals surface area contributed by atoms with E-state index in [0.717, 1.165) is 24.2 Å². The average Bonchev–Trinajstić information content (AvgIpc) is 3.12. The first-order valence-corrected chi connectivity index (χ1v) is 10.3. The number of hydrogen-bond donors (Lipinski definition) is 1. The van der Waals surface area contributed by atoms with E-state index in [9.17, 15) is 0 Å². The number of aliphatic hydroxyl groups excluding tert-OH is 1. The van der Waals surface area contributed by atoms with Gasteiger partial charge in [-0.1, -0.05) is 59.3 Å². The van der Waals surface area contributed by atoms with Gasteiger partial charge >= 0.3 is 17.1 Å². The Balaban J connectivity index is -0.000000141. The number of ether oxygens (including phenoxy) is 1. The van der Waals surface area contributed by atoms with Gasteiger partial charge in [0.1, 0.15) is 0 Å². The van der Waals surface area contributed by atoms with E-state index < -0.39 is 0 Å². The summed E-state index contributed by atoms with van der Waals surface area (Å²) in [5.41, 5.74) is 0. The smallest absolute Gasteiger partial charge is 0.412 e. The Bertz CT molecular complexity index is 264. The molecule has 170 valence electrons. The summed E-state index contributed by atoms with van der Waals surface area (Å²) in [4.78, 5) is 0. The molecule has 6 heteroatoms. The molecule has 0 aromatic heterocycles. The maximum atomic E-state index is 8.62. The third kappa shape index (κ3) is 21.2. The van der Waals surface area contributed by atoms with E-state index in [-0.39, 0.29) is 49.5 Å². The van der Waals surface area contributed by atoms with Gasteiger partial charge in [0, 0.05) is 16.6 Å². The molecular formula is C21H48FeO4S. The molecule has 0 amide bonds. The molecule has 0 aromatic rings. The van der Waals surface area contributed by atoms with Gasteiger partial charge < -0.3 is 35.6 Å². The van der Waals surface area contributed by atoms with Gasteiger partial charge in [-0.3, -0.25) is 0 Å². The Hall–Kier alpha value is 0.709. The molecule has 0 heterocycles. The van der Waals surface area contributed by atoms with Crippen molar-refractivity contribution in [3.05, 3.63) is 14.9 Å². The van der Waals surface area contributed by atoms with Gasteiger partial charge in [-0.2, -0.15) is 11.8 Å². The fourth-order valence-electron chi connectivity index (χ4n) is 3.44. The summed E-state index contributed by atoms with van der Waals surface area (Å²) in [6.45, 7) is 8.40. The van der Waals surface area contributed by atoms with Crippen molar-refractivity contribution in [2.24, 2.45) is 5.92 Å². The summed E-state index contributed by atoms with van der Waals surface area (Å²) >= 11 is 2.16. The van der Waals surface area contributed by atoms with E-state index in [0.29, 0.717) is 11.4 Å². The van der Waals surface area contributed by atoms with Gasteiger partial charge in [0.05, 0.1) is 13.2 Å².